The van der Waals surface area contributed by atoms with Crippen molar-refractivity contribution in [2.24, 2.45) is 0 Å². The molecular weight excluding hydrogens is 256 g/mol. The normalized spacial score (nSPS) is 7.70. The average Bonchev–Trinajstić information content (AvgIpc) is 2.48. The Kier molecular flexibility index (Phi) is 12.6. The minimum absolute atomic E-state index is 0.176. The lowest BCUT2D eigenvalue weighted by molar-refractivity contribution is -0.135. The Morgan fingerprint density at radius 3 is 1.80 bits per heavy atom. The Hall–Kier alpha value is -2.62. The van der Waals surface area contributed by atoms with E-state index < -0.39 is 11.9 Å². The third-order valence-corrected chi connectivity index (χ3v) is 1.77. The molecule has 0 atom stereocenters. The van der Waals surface area contributed by atoms with E-state index in [9.17, 15) is 9.59 Å². The van der Waals surface area contributed by atoms with Gasteiger partial charge in [0, 0.05) is 11.6 Å². The maximum absolute atomic E-state index is 9.84. The molecule has 0 unspecified atom stereocenters. The van der Waals surface area contributed by atoms with Crippen LogP contribution in [0.1, 0.15) is 12.5 Å². The van der Waals surface area contributed by atoms with Crippen LogP contribution in [0.3, 0.4) is 0 Å². The maximum atomic E-state index is 9.84. The topological polar surface area (TPSA) is 63.6 Å². The van der Waals surface area contributed by atoms with Crippen molar-refractivity contribution in [3.8, 4) is 0 Å². The van der Waals surface area contributed by atoms with E-state index in [1.807, 2.05) is 36.4 Å². The molecule has 0 aliphatic rings. The first-order chi connectivity index (χ1) is 9.38. The molecule has 1 rings (SSSR count). The van der Waals surface area contributed by atoms with E-state index in [1.165, 1.54) is 19.6 Å². The number of methoxy groups -OCH3 is 1. The number of carboxylic acid groups (broad SMARTS) is 1. The predicted octanol–water partition coefficient (Wildman–Crippen LogP) is 3.32. The van der Waals surface area contributed by atoms with Crippen molar-refractivity contribution >= 4 is 18.0 Å². The quantitative estimate of drug-likeness (QED) is 0.679. The molecular formula is C16H20O4. The Morgan fingerprint density at radius 2 is 1.65 bits per heavy atom. The number of hydrogen-bond donors (Lipinski definition) is 1. The summed E-state index contributed by atoms with van der Waals surface area (Å²) in [7, 11) is 1.31. The molecule has 1 aromatic carbocycles. The molecule has 0 radical (unpaired) electrons. The zero-order valence-electron chi connectivity index (χ0n) is 11.8. The van der Waals surface area contributed by atoms with Gasteiger partial charge < -0.3 is 9.84 Å². The van der Waals surface area contributed by atoms with E-state index in [0.29, 0.717) is 0 Å². The molecule has 0 aromatic heterocycles. The van der Waals surface area contributed by atoms with E-state index >= 15 is 0 Å². The van der Waals surface area contributed by atoms with E-state index in [1.54, 1.807) is 0 Å². The zero-order valence-corrected chi connectivity index (χ0v) is 11.8. The van der Waals surface area contributed by atoms with E-state index in [2.05, 4.69) is 24.5 Å². The fraction of sp³-hybridized carbons (Fsp3) is 0.125. The highest BCUT2D eigenvalue weighted by molar-refractivity contribution is 5.84. The van der Waals surface area contributed by atoms with Crippen molar-refractivity contribution in [3.05, 3.63) is 67.3 Å². The summed E-state index contributed by atoms with van der Waals surface area (Å²) < 4.78 is 4.14. The van der Waals surface area contributed by atoms with Gasteiger partial charge in [-0.25, -0.2) is 9.59 Å². The fourth-order valence-electron chi connectivity index (χ4n) is 0.672. The monoisotopic (exact) mass is 276 g/mol. The number of benzene rings is 1. The van der Waals surface area contributed by atoms with Crippen molar-refractivity contribution < 1.29 is 19.4 Å². The summed E-state index contributed by atoms with van der Waals surface area (Å²) >= 11 is 0. The second kappa shape index (κ2) is 12.8. The van der Waals surface area contributed by atoms with E-state index in [4.69, 9.17) is 5.11 Å². The van der Waals surface area contributed by atoms with Crippen LogP contribution in [0.15, 0.2) is 61.7 Å². The molecule has 0 amide bonds. The van der Waals surface area contributed by atoms with Gasteiger partial charge >= 0.3 is 11.9 Å². The molecule has 0 bridgehead atoms. The van der Waals surface area contributed by atoms with E-state index in [0.717, 1.165) is 6.08 Å². The van der Waals surface area contributed by atoms with Crippen LogP contribution in [-0.2, 0) is 14.3 Å². The van der Waals surface area contributed by atoms with Crippen LogP contribution in [0.2, 0.25) is 0 Å². The smallest absolute Gasteiger partial charge is 0.330 e. The van der Waals surface area contributed by atoms with Gasteiger partial charge in [-0.3, -0.25) is 0 Å². The van der Waals surface area contributed by atoms with Gasteiger partial charge in [0.25, 0.3) is 0 Å². The molecule has 0 spiro atoms. The molecule has 1 N–H and O–H groups in total. The van der Waals surface area contributed by atoms with Gasteiger partial charge in [-0.2, -0.15) is 0 Å². The Bertz CT molecular complexity index is 432. The van der Waals surface area contributed by atoms with Crippen LogP contribution < -0.4 is 0 Å². The van der Waals surface area contributed by atoms with Gasteiger partial charge in [-0.1, -0.05) is 56.1 Å². The van der Waals surface area contributed by atoms with Crippen molar-refractivity contribution in [1.82, 2.24) is 0 Å². The van der Waals surface area contributed by atoms with Crippen molar-refractivity contribution in [2.45, 2.75) is 6.92 Å². The first-order valence-corrected chi connectivity index (χ1v) is 5.65. The molecule has 4 heteroatoms. The van der Waals surface area contributed by atoms with Gasteiger partial charge in [-0.15, -0.1) is 0 Å². The van der Waals surface area contributed by atoms with Gasteiger partial charge in [0.15, 0.2) is 0 Å². The van der Waals surface area contributed by atoms with Crippen LogP contribution in [0.25, 0.3) is 6.08 Å². The minimum Gasteiger partial charge on any atom is -0.478 e. The van der Waals surface area contributed by atoms with Gasteiger partial charge in [0.2, 0.25) is 0 Å². The highest BCUT2D eigenvalue weighted by Crippen LogP contribution is 1.97. The number of carbonyl (C=O) groups is 2. The SMILES string of the molecule is C=C(C)C(=O)O.C=CC(=O)OC.C=Cc1ccccc1. The number of esters is 1. The highest BCUT2D eigenvalue weighted by Gasteiger charge is 1.90. The van der Waals surface area contributed by atoms with Crippen LogP contribution in [0, 0.1) is 0 Å². The lowest BCUT2D eigenvalue weighted by atomic mass is 10.2. The van der Waals surface area contributed by atoms with Gasteiger partial charge in [0.1, 0.15) is 0 Å². The largest absolute Gasteiger partial charge is 0.478 e. The van der Waals surface area contributed by atoms with Crippen molar-refractivity contribution in [3.63, 3.8) is 0 Å². The number of hydrogen-bond acceptors (Lipinski definition) is 3. The van der Waals surface area contributed by atoms with Gasteiger partial charge in [-0.05, 0) is 12.5 Å². The second-order valence-electron chi connectivity index (χ2n) is 3.43. The predicted molar refractivity (Wildman–Crippen MR) is 81.2 cm³/mol. The van der Waals surface area contributed by atoms with E-state index in [-0.39, 0.29) is 5.57 Å². The summed E-state index contributed by atoms with van der Waals surface area (Å²) in [5.41, 5.74) is 1.35. The molecule has 20 heavy (non-hydrogen) atoms. The molecule has 0 saturated heterocycles. The fourth-order valence-corrected chi connectivity index (χ4v) is 0.672. The molecule has 0 saturated carbocycles. The summed E-state index contributed by atoms with van der Waals surface area (Å²) in [6, 6.07) is 10.0. The van der Waals surface area contributed by atoms with Gasteiger partial charge in [0.05, 0.1) is 7.11 Å². The minimum atomic E-state index is -0.935. The molecule has 0 fully saturated rings. The molecule has 108 valence electrons. The number of ether oxygens (including phenoxy) is 1. The Balaban J connectivity index is 0. The van der Waals surface area contributed by atoms with Crippen molar-refractivity contribution in [1.29, 1.82) is 0 Å². The zero-order chi connectivity index (χ0) is 16.0. The lowest BCUT2D eigenvalue weighted by Crippen LogP contribution is -1.92. The number of rotatable bonds is 3. The lowest BCUT2D eigenvalue weighted by Gasteiger charge is -1.85. The molecule has 0 aliphatic carbocycles. The molecule has 0 aliphatic heterocycles. The number of aliphatic carboxylic acids is 1. The van der Waals surface area contributed by atoms with Crippen LogP contribution in [0.4, 0.5) is 0 Å². The summed E-state index contributed by atoms with van der Waals surface area (Å²) in [6.07, 6.45) is 2.94. The summed E-state index contributed by atoms with van der Waals surface area (Å²) in [4.78, 5) is 19.4. The van der Waals surface area contributed by atoms with Crippen LogP contribution >= 0.6 is 0 Å². The third kappa shape index (κ3) is 13.4. The third-order valence-electron chi connectivity index (χ3n) is 1.77. The Morgan fingerprint density at radius 1 is 1.20 bits per heavy atom. The van der Waals surface area contributed by atoms with Crippen LogP contribution in [-0.4, -0.2) is 24.2 Å². The molecule has 1 aromatic rings. The molecule has 0 heterocycles. The van der Waals surface area contributed by atoms with Crippen molar-refractivity contribution in [2.75, 3.05) is 7.11 Å². The first-order valence-electron chi connectivity index (χ1n) is 5.65. The summed E-state index contributed by atoms with van der Waals surface area (Å²) in [5.74, 6) is -1.33. The standard InChI is InChI=1S/C8H8.2C4H6O2/c1-2-8-6-4-3-5-7-8;1-3-4(5)6-2;1-3(2)4(5)6/h2-7H,1H2;3H,1H2,2H3;1H2,2H3,(H,5,6). The second-order valence-corrected chi connectivity index (χ2v) is 3.43. The summed E-state index contributed by atoms with van der Waals surface area (Å²) in [6.45, 7) is 11.4. The average molecular weight is 276 g/mol. The first kappa shape index (κ1) is 19.7. The number of carbonyl (C=O) groups excluding carboxylic acids is 1. The van der Waals surface area contributed by atoms with Crippen LogP contribution in [0.5, 0.6) is 0 Å². The number of carboxylic acids is 1. The maximum Gasteiger partial charge on any atom is 0.330 e. The Labute approximate surface area is 119 Å². The molecule has 4 nitrogen and oxygen atoms in total. The summed E-state index contributed by atoms with van der Waals surface area (Å²) in [5, 5.41) is 7.89. The highest BCUT2D eigenvalue weighted by atomic mass is 16.5.